The minimum Gasteiger partial charge on any atom is -0.273 e. The number of carbonyl (C=O) groups is 1. The van der Waals surface area contributed by atoms with Gasteiger partial charge in [0.25, 0.3) is 5.91 Å². The molecule has 1 amide bonds. The Hall–Kier alpha value is -1.04. The first-order chi connectivity index (χ1) is 5.58. The summed E-state index contributed by atoms with van der Waals surface area (Å²) in [7, 11) is -3.59. The van der Waals surface area contributed by atoms with E-state index in [2.05, 4.69) is 4.72 Å². The molecule has 12 heavy (non-hydrogen) atoms. The quantitative estimate of drug-likeness (QED) is 0.643. The molecule has 0 aromatic rings. The van der Waals surface area contributed by atoms with Crippen LogP contribution in [0.15, 0.2) is 12.3 Å². The highest BCUT2D eigenvalue weighted by atomic mass is 32.2. The summed E-state index contributed by atoms with van der Waals surface area (Å²) in [6.07, 6.45) is 2.93. The van der Waals surface area contributed by atoms with Gasteiger partial charge in [-0.15, -0.1) is 0 Å². The lowest BCUT2D eigenvalue weighted by Crippen LogP contribution is -2.45. The Kier molecular flexibility index (Phi) is 2.37. The van der Waals surface area contributed by atoms with Gasteiger partial charge in [-0.3, -0.25) is 9.52 Å². The van der Waals surface area contributed by atoms with Gasteiger partial charge >= 0.3 is 10.2 Å². The second-order valence-electron chi connectivity index (χ2n) is 2.37. The van der Waals surface area contributed by atoms with Crippen LogP contribution in [0.3, 0.4) is 0 Å². The van der Waals surface area contributed by atoms with Crippen LogP contribution in [-0.4, -0.2) is 25.2 Å². The molecule has 0 aromatic heterocycles. The van der Waals surface area contributed by atoms with Crippen molar-refractivity contribution in [3.63, 3.8) is 0 Å². The molecule has 1 rings (SSSR count). The second kappa shape index (κ2) is 3.14. The molecule has 6 heteroatoms. The van der Waals surface area contributed by atoms with Crippen LogP contribution in [0.5, 0.6) is 0 Å². The van der Waals surface area contributed by atoms with Gasteiger partial charge in [0.15, 0.2) is 0 Å². The van der Waals surface area contributed by atoms with Crippen molar-refractivity contribution < 1.29 is 13.2 Å². The summed E-state index contributed by atoms with van der Waals surface area (Å²) >= 11 is 0. The summed E-state index contributed by atoms with van der Waals surface area (Å²) < 4.78 is 25.2. The highest BCUT2D eigenvalue weighted by Gasteiger charge is 2.26. The van der Waals surface area contributed by atoms with Crippen LogP contribution in [0.4, 0.5) is 0 Å². The maximum atomic E-state index is 11.1. The fourth-order valence-corrected chi connectivity index (χ4v) is 1.98. The molecule has 5 nitrogen and oxygen atoms in total. The maximum absolute atomic E-state index is 11.1. The number of amides is 1. The molecule has 0 radical (unpaired) electrons. The van der Waals surface area contributed by atoms with Gasteiger partial charge in [-0.1, -0.05) is 6.92 Å². The molecule has 0 fully saturated rings. The largest absolute Gasteiger partial charge is 0.325 e. The predicted octanol–water partition coefficient (Wildman–Crippen LogP) is -0.413. The lowest BCUT2D eigenvalue weighted by molar-refractivity contribution is -0.121. The van der Waals surface area contributed by atoms with Crippen molar-refractivity contribution >= 4 is 16.1 Å². The Labute approximate surface area is 71.2 Å². The first kappa shape index (κ1) is 9.05. The van der Waals surface area contributed by atoms with Crippen molar-refractivity contribution in [1.82, 2.24) is 9.03 Å². The highest BCUT2D eigenvalue weighted by Crippen LogP contribution is 2.05. The Balaban J connectivity index is 2.93. The average Bonchev–Trinajstić information content (AvgIpc) is 1.97. The van der Waals surface area contributed by atoms with Crippen molar-refractivity contribution in [1.29, 1.82) is 0 Å². The highest BCUT2D eigenvalue weighted by molar-refractivity contribution is 7.87. The third-order valence-electron chi connectivity index (χ3n) is 1.41. The first-order valence-corrected chi connectivity index (χ1v) is 5.02. The first-order valence-electron chi connectivity index (χ1n) is 3.58. The molecule has 0 saturated carbocycles. The van der Waals surface area contributed by atoms with E-state index in [1.54, 1.807) is 6.92 Å². The molecule has 0 aromatic carbocycles. The summed E-state index contributed by atoms with van der Waals surface area (Å²) in [4.78, 5) is 11.0. The topological polar surface area (TPSA) is 66.5 Å². The van der Waals surface area contributed by atoms with Crippen LogP contribution >= 0.6 is 0 Å². The number of rotatable bonds is 2. The van der Waals surface area contributed by atoms with Gasteiger partial charge in [0, 0.05) is 18.8 Å². The molecule has 68 valence electrons. The molecular formula is C6H10N2O3S. The monoisotopic (exact) mass is 190 g/mol. The molecule has 0 spiro atoms. The van der Waals surface area contributed by atoms with Crippen LogP contribution in [-0.2, 0) is 15.0 Å². The molecule has 0 atom stereocenters. The van der Waals surface area contributed by atoms with E-state index in [1.807, 2.05) is 0 Å². The van der Waals surface area contributed by atoms with Gasteiger partial charge in [0.1, 0.15) is 0 Å². The maximum Gasteiger partial charge on any atom is 0.325 e. The number of hydrogen-bond acceptors (Lipinski definition) is 3. The molecule has 0 saturated heterocycles. The van der Waals surface area contributed by atoms with E-state index < -0.39 is 16.1 Å². The fraction of sp³-hybridized carbons (Fsp3) is 0.500. The second-order valence-corrected chi connectivity index (χ2v) is 3.99. The fourth-order valence-electron chi connectivity index (χ4n) is 0.890. The van der Waals surface area contributed by atoms with E-state index in [1.165, 1.54) is 6.08 Å². The third kappa shape index (κ3) is 1.58. The van der Waals surface area contributed by atoms with Crippen molar-refractivity contribution in [2.75, 3.05) is 6.54 Å². The lowest BCUT2D eigenvalue weighted by atomic mass is 10.4. The number of carbonyl (C=O) groups excluding carboxylic acids is 1. The average molecular weight is 190 g/mol. The van der Waals surface area contributed by atoms with Gasteiger partial charge in [-0.05, 0) is 6.42 Å². The molecule has 0 aliphatic carbocycles. The lowest BCUT2D eigenvalue weighted by Gasteiger charge is -2.22. The number of nitrogens with one attached hydrogen (secondary N) is 1. The van der Waals surface area contributed by atoms with Gasteiger partial charge in [-0.2, -0.15) is 8.42 Å². The van der Waals surface area contributed by atoms with E-state index >= 15 is 0 Å². The van der Waals surface area contributed by atoms with E-state index in [4.69, 9.17) is 0 Å². The van der Waals surface area contributed by atoms with Crippen LogP contribution in [0, 0.1) is 0 Å². The van der Waals surface area contributed by atoms with Gasteiger partial charge in [0.2, 0.25) is 0 Å². The van der Waals surface area contributed by atoms with Crippen LogP contribution in [0.2, 0.25) is 0 Å². The van der Waals surface area contributed by atoms with Crippen molar-refractivity contribution in [3.8, 4) is 0 Å². The molecule has 1 N–H and O–H groups in total. The third-order valence-corrected chi connectivity index (χ3v) is 2.78. The summed E-state index contributed by atoms with van der Waals surface area (Å²) in [6, 6.07) is 0. The molecular weight excluding hydrogens is 180 g/mol. The van der Waals surface area contributed by atoms with E-state index in [0.717, 1.165) is 10.5 Å². The summed E-state index contributed by atoms with van der Waals surface area (Å²) in [5.74, 6) is -0.490. The normalized spacial score (nSPS) is 20.8. The Bertz CT molecular complexity index is 307. The zero-order chi connectivity index (χ0) is 9.19. The summed E-state index contributed by atoms with van der Waals surface area (Å²) in [6.45, 7) is 2.03. The number of nitrogens with zero attached hydrogens (tertiary/aromatic N) is 1. The standard InChI is InChI=1S/C6H10N2O3S/c1-2-5-8-6(9)3-4-7-12(8,10)11/h3-4,7H,2,5H2,1H3. The minimum absolute atomic E-state index is 0.221. The minimum atomic E-state index is -3.59. The SMILES string of the molecule is CCCN1C(=O)C=CNS1(=O)=O. The van der Waals surface area contributed by atoms with E-state index in [0.29, 0.717) is 6.42 Å². The Morgan fingerprint density at radius 3 is 2.75 bits per heavy atom. The van der Waals surface area contributed by atoms with Gasteiger partial charge < -0.3 is 0 Å². The summed E-state index contributed by atoms with van der Waals surface area (Å²) in [5.41, 5.74) is 0. The smallest absolute Gasteiger partial charge is 0.273 e. The van der Waals surface area contributed by atoms with Gasteiger partial charge in [-0.25, -0.2) is 4.31 Å². The van der Waals surface area contributed by atoms with Crippen molar-refractivity contribution in [3.05, 3.63) is 12.3 Å². The molecule has 0 unspecified atom stereocenters. The predicted molar refractivity (Wildman–Crippen MR) is 43.2 cm³/mol. The molecule has 1 aliphatic rings. The van der Waals surface area contributed by atoms with Crippen LogP contribution in [0.1, 0.15) is 13.3 Å². The molecule has 1 aliphatic heterocycles. The van der Waals surface area contributed by atoms with E-state index in [-0.39, 0.29) is 6.54 Å². The number of hydrogen-bond donors (Lipinski definition) is 1. The van der Waals surface area contributed by atoms with E-state index in [9.17, 15) is 13.2 Å². The van der Waals surface area contributed by atoms with Crippen molar-refractivity contribution in [2.24, 2.45) is 0 Å². The van der Waals surface area contributed by atoms with Crippen LogP contribution < -0.4 is 4.72 Å². The zero-order valence-electron chi connectivity index (χ0n) is 6.65. The summed E-state index contributed by atoms with van der Waals surface area (Å²) in [5, 5.41) is 0. The zero-order valence-corrected chi connectivity index (χ0v) is 7.47. The Morgan fingerprint density at radius 2 is 2.25 bits per heavy atom. The van der Waals surface area contributed by atoms with Gasteiger partial charge in [0.05, 0.1) is 0 Å². The molecule has 1 heterocycles. The van der Waals surface area contributed by atoms with Crippen molar-refractivity contribution in [2.45, 2.75) is 13.3 Å². The Morgan fingerprint density at radius 1 is 1.58 bits per heavy atom. The van der Waals surface area contributed by atoms with Crippen LogP contribution in [0.25, 0.3) is 0 Å². The molecule has 0 bridgehead atoms.